The van der Waals surface area contributed by atoms with Crippen LogP contribution in [0.5, 0.6) is 0 Å². The molecule has 0 heterocycles. The molecule has 114 valence electrons. The van der Waals surface area contributed by atoms with E-state index >= 15 is 0 Å². The van der Waals surface area contributed by atoms with Gasteiger partial charge in [-0.1, -0.05) is 64.7 Å². The van der Waals surface area contributed by atoms with Gasteiger partial charge in [-0.05, 0) is 12.2 Å². The summed E-state index contributed by atoms with van der Waals surface area (Å²) in [5.74, 6) is 6.24. The Morgan fingerprint density at radius 3 is 1.89 bits per heavy atom. The molecule has 0 fully saturated rings. The summed E-state index contributed by atoms with van der Waals surface area (Å²) in [6.45, 7) is 2.94. The second-order valence-corrected chi connectivity index (χ2v) is 5.69. The van der Waals surface area contributed by atoms with Crippen molar-refractivity contribution < 1.29 is 4.79 Å². The van der Waals surface area contributed by atoms with Crippen LogP contribution in [0.3, 0.4) is 0 Å². The average molecular weight is 289 g/mol. The lowest BCUT2D eigenvalue weighted by atomic mass is 10.1. The fourth-order valence-electron chi connectivity index (χ4n) is 2.13. The monoisotopic (exact) mass is 288 g/mol. The van der Waals surface area contributed by atoms with E-state index in [1.54, 1.807) is 0 Å². The van der Waals surface area contributed by atoms with Gasteiger partial charge in [0.1, 0.15) is 0 Å². The summed E-state index contributed by atoms with van der Waals surface area (Å²) in [5, 5.41) is 1.35. The number of hydrazine groups is 1. The number of thiol groups is 1. The Labute approximate surface area is 124 Å². The van der Waals surface area contributed by atoms with Gasteiger partial charge in [0.05, 0.1) is 0 Å². The molecule has 19 heavy (non-hydrogen) atoms. The van der Waals surface area contributed by atoms with Crippen molar-refractivity contribution in [2.24, 2.45) is 5.84 Å². The third kappa shape index (κ3) is 12.6. The molecule has 0 unspecified atom stereocenters. The largest absolute Gasteiger partial charge is 0.281 e. The van der Waals surface area contributed by atoms with Crippen molar-refractivity contribution in [3.05, 3.63) is 0 Å². The molecule has 0 aliphatic heterocycles. The predicted octanol–water partition coefficient (Wildman–Crippen LogP) is 3.93. The first kappa shape index (κ1) is 18.8. The summed E-state index contributed by atoms with van der Waals surface area (Å²) >= 11 is 4.03. The van der Waals surface area contributed by atoms with E-state index in [9.17, 15) is 4.79 Å². The number of carbonyl (C=O) groups is 1. The van der Waals surface area contributed by atoms with Crippen LogP contribution in [0.1, 0.15) is 77.6 Å². The molecule has 0 aromatic heterocycles. The third-order valence-corrected chi connectivity index (χ3v) is 3.62. The zero-order chi connectivity index (χ0) is 14.3. The highest BCUT2D eigenvalue weighted by Gasteiger charge is 2.06. The molecule has 2 N–H and O–H groups in total. The van der Waals surface area contributed by atoms with E-state index in [4.69, 9.17) is 5.84 Å². The van der Waals surface area contributed by atoms with Gasteiger partial charge in [0.25, 0.3) is 0 Å². The van der Waals surface area contributed by atoms with Crippen LogP contribution in [-0.2, 0) is 4.79 Å². The van der Waals surface area contributed by atoms with Gasteiger partial charge in [-0.25, -0.2) is 5.84 Å². The Kier molecular flexibility index (Phi) is 14.0. The Hall–Kier alpha value is -0.220. The van der Waals surface area contributed by atoms with Crippen molar-refractivity contribution in [1.29, 1.82) is 0 Å². The smallest absolute Gasteiger partial charge is 0.237 e. The first-order valence-corrected chi connectivity index (χ1v) is 8.51. The molecule has 0 saturated carbocycles. The molecule has 0 saturated heterocycles. The van der Waals surface area contributed by atoms with Crippen LogP contribution in [0, 0.1) is 0 Å². The molecule has 3 nitrogen and oxygen atoms in total. The van der Waals surface area contributed by atoms with Crippen molar-refractivity contribution in [3.8, 4) is 0 Å². The van der Waals surface area contributed by atoms with E-state index in [1.807, 2.05) is 0 Å². The first-order valence-electron chi connectivity index (χ1n) is 7.88. The van der Waals surface area contributed by atoms with Crippen molar-refractivity contribution in [2.75, 3.05) is 12.3 Å². The van der Waals surface area contributed by atoms with E-state index in [-0.39, 0.29) is 5.91 Å². The number of hydrogen-bond donors (Lipinski definition) is 2. The van der Waals surface area contributed by atoms with Gasteiger partial charge in [0, 0.05) is 13.0 Å². The Balaban J connectivity index is 3.20. The maximum atomic E-state index is 11.4. The fourth-order valence-corrected chi connectivity index (χ4v) is 2.32. The molecule has 4 heteroatoms. The SMILES string of the molecule is CCCCCCCCCCCCN(N)C(=O)CCS. The van der Waals surface area contributed by atoms with Crippen LogP contribution < -0.4 is 5.84 Å². The van der Waals surface area contributed by atoms with Crippen molar-refractivity contribution in [1.82, 2.24) is 5.01 Å². The quantitative estimate of drug-likeness (QED) is 0.177. The molecule has 0 aromatic rings. The van der Waals surface area contributed by atoms with Crippen molar-refractivity contribution in [3.63, 3.8) is 0 Å². The minimum absolute atomic E-state index is 0.00549. The van der Waals surface area contributed by atoms with E-state index < -0.39 is 0 Å². The molecule has 0 aromatic carbocycles. The van der Waals surface area contributed by atoms with Crippen LogP contribution in [0.2, 0.25) is 0 Å². The van der Waals surface area contributed by atoms with Crippen LogP contribution in [0.15, 0.2) is 0 Å². The summed E-state index contributed by atoms with van der Waals surface area (Å²) in [4.78, 5) is 11.4. The standard InChI is InChI=1S/C15H32N2OS/c1-2-3-4-5-6-7-8-9-10-11-13-17(16)15(18)12-14-19/h19H,2-14,16H2,1H3. The highest BCUT2D eigenvalue weighted by Crippen LogP contribution is 2.10. The second kappa shape index (κ2) is 14.2. The summed E-state index contributed by atoms with van der Waals surface area (Å²) in [5.41, 5.74) is 0. The predicted molar refractivity (Wildman–Crippen MR) is 86.2 cm³/mol. The third-order valence-electron chi connectivity index (χ3n) is 3.40. The number of nitrogens with two attached hydrogens (primary N) is 1. The summed E-state index contributed by atoms with van der Waals surface area (Å²) < 4.78 is 0. The maximum absolute atomic E-state index is 11.4. The van der Waals surface area contributed by atoms with Gasteiger partial charge in [-0.15, -0.1) is 0 Å². The lowest BCUT2D eigenvalue weighted by molar-refractivity contribution is -0.131. The van der Waals surface area contributed by atoms with Crippen LogP contribution in [0.25, 0.3) is 0 Å². The lowest BCUT2D eigenvalue weighted by Crippen LogP contribution is -2.38. The van der Waals surface area contributed by atoms with Crippen LogP contribution in [-0.4, -0.2) is 23.2 Å². The molecule has 0 aliphatic carbocycles. The molecule has 0 aliphatic rings. The van der Waals surface area contributed by atoms with Gasteiger partial charge >= 0.3 is 0 Å². The van der Waals surface area contributed by atoms with E-state index in [1.165, 1.54) is 62.8 Å². The molecule has 0 atom stereocenters. The highest BCUT2D eigenvalue weighted by atomic mass is 32.1. The number of nitrogens with zero attached hydrogens (tertiary/aromatic N) is 1. The maximum Gasteiger partial charge on any atom is 0.237 e. The number of hydrogen-bond acceptors (Lipinski definition) is 3. The Morgan fingerprint density at radius 2 is 1.42 bits per heavy atom. The highest BCUT2D eigenvalue weighted by molar-refractivity contribution is 7.80. The first-order chi connectivity index (χ1) is 9.22. The minimum atomic E-state index is 0.00549. The Bertz CT molecular complexity index is 212. The lowest BCUT2D eigenvalue weighted by Gasteiger charge is -2.15. The molecule has 1 amide bonds. The molecule has 0 bridgehead atoms. The molecule has 0 radical (unpaired) electrons. The Morgan fingerprint density at radius 1 is 0.947 bits per heavy atom. The topological polar surface area (TPSA) is 46.3 Å². The zero-order valence-corrected chi connectivity index (χ0v) is 13.5. The fraction of sp³-hybridized carbons (Fsp3) is 0.933. The van der Waals surface area contributed by atoms with Crippen molar-refractivity contribution >= 4 is 18.5 Å². The van der Waals surface area contributed by atoms with E-state index in [2.05, 4.69) is 19.6 Å². The molecule has 0 spiro atoms. The molecular weight excluding hydrogens is 256 g/mol. The summed E-state index contributed by atoms with van der Waals surface area (Å²) in [7, 11) is 0. The van der Waals surface area contributed by atoms with Gasteiger partial charge < -0.3 is 0 Å². The number of carbonyl (C=O) groups excluding carboxylic acids is 1. The number of rotatable bonds is 13. The molecule has 0 rings (SSSR count). The number of unbranched alkanes of at least 4 members (excludes halogenated alkanes) is 9. The van der Waals surface area contributed by atoms with Gasteiger partial charge in [0.15, 0.2) is 0 Å². The van der Waals surface area contributed by atoms with Crippen molar-refractivity contribution in [2.45, 2.75) is 77.6 Å². The van der Waals surface area contributed by atoms with Gasteiger partial charge in [-0.3, -0.25) is 9.80 Å². The zero-order valence-electron chi connectivity index (χ0n) is 12.6. The summed E-state index contributed by atoms with van der Waals surface area (Å²) in [6, 6.07) is 0. The van der Waals surface area contributed by atoms with Gasteiger partial charge in [0.2, 0.25) is 5.91 Å². The molecular formula is C15H32N2OS. The minimum Gasteiger partial charge on any atom is -0.281 e. The second-order valence-electron chi connectivity index (χ2n) is 5.24. The number of amides is 1. The van der Waals surface area contributed by atoms with Crippen LogP contribution in [0.4, 0.5) is 0 Å². The average Bonchev–Trinajstić information content (AvgIpc) is 2.41. The van der Waals surface area contributed by atoms with Gasteiger partial charge in [-0.2, -0.15) is 12.6 Å². The summed E-state index contributed by atoms with van der Waals surface area (Å²) in [6.07, 6.45) is 13.4. The normalized spacial score (nSPS) is 10.7. The van der Waals surface area contributed by atoms with E-state index in [0.29, 0.717) is 18.7 Å². The van der Waals surface area contributed by atoms with E-state index in [0.717, 1.165) is 6.42 Å². The van der Waals surface area contributed by atoms with Crippen LogP contribution >= 0.6 is 12.6 Å².